The van der Waals surface area contributed by atoms with Gasteiger partial charge in [0, 0.05) is 25.8 Å². The van der Waals surface area contributed by atoms with E-state index in [4.69, 9.17) is 9.84 Å². The summed E-state index contributed by atoms with van der Waals surface area (Å²) in [6.45, 7) is 3.17. The van der Waals surface area contributed by atoms with Gasteiger partial charge in [-0.05, 0) is 19.2 Å². The van der Waals surface area contributed by atoms with Crippen molar-refractivity contribution in [3.8, 4) is 0 Å². The van der Waals surface area contributed by atoms with Crippen molar-refractivity contribution in [2.45, 2.75) is 6.10 Å². The van der Waals surface area contributed by atoms with Gasteiger partial charge >= 0.3 is 5.97 Å². The number of nitrogens with zero attached hydrogens (tertiary/aromatic N) is 2. The number of aromatic carboxylic acids is 1. The van der Waals surface area contributed by atoms with Crippen LogP contribution in [0, 0.1) is 0 Å². The summed E-state index contributed by atoms with van der Waals surface area (Å²) in [5.41, 5.74) is 0.231. The fourth-order valence-corrected chi connectivity index (χ4v) is 1.87. The zero-order valence-electron chi connectivity index (χ0n) is 10.3. The van der Waals surface area contributed by atoms with Gasteiger partial charge in [-0.1, -0.05) is 0 Å². The van der Waals surface area contributed by atoms with Crippen LogP contribution in [-0.4, -0.2) is 60.4 Å². The van der Waals surface area contributed by atoms with Crippen LogP contribution in [0.1, 0.15) is 10.4 Å². The minimum atomic E-state index is -0.950. The number of carbonyl (C=O) groups is 1. The maximum atomic E-state index is 10.8. The highest BCUT2D eigenvalue weighted by atomic mass is 16.5. The molecule has 6 nitrogen and oxygen atoms in total. The van der Waals surface area contributed by atoms with E-state index in [0.717, 1.165) is 19.7 Å². The number of carboxylic acids is 1. The van der Waals surface area contributed by atoms with Crippen LogP contribution in [0.5, 0.6) is 0 Å². The molecule has 0 saturated carbocycles. The third-order valence-corrected chi connectivity index (χ3v) is 2.86. The molecular weight excluding hydrogens is 234 g/mol. The summed E-state index contributed by atoms with van der Waals surface area (Å²) >= 11 is 0. The predicted molar refractivity (Wildman–Crippen MR) is 66.9 cm³/mol. The minimum absolute atomic E-state index is 0.110. The smallest absolute Gasteiger partial charge is 0.335 e. The SMILES string of the molecule is CN1CCOC(CNc2cc(C(=O)O)ccn2)C1. The quantitative estimate of drug-likeness (QED) is 0.812. The van der Waals surface area contributed by atoms with Gasteiger partial charge in [-0.2, -0.15) is 0 Å². The highest BCUT2D eigenvalue weighted by Gasteiger charge is 2.17. The number of pyridine rings is 1. The molecule has 0 aromatic carbocycles. The Labute approximate surface area is 106 Å². The van der Waals surface area contributed by atoms with Crippen LogP contribution < -0.4 is 5.32 Å². The Hall–Kier alpha value is -1.66. The zero-order chi connectivity index (χ0) is 13.0. The third-order valence-electron chi connectivity index (χ3n) is 2.86. The molecule has 0 radical (unpaired) electrons. The molecule has 1 saturated heterocycles. The highest BCUT2D eigenvalue weighted by molar-refractivity contribution is 5.88. The van der Waals surface area contributed by atoms with Crippen LogP contribution >= 0.6 is 0 Å². The molecule has 0 amide bonds. The molecule has 2 heterocycles. The standard InChI is InChI=1S/C12H17N3O3/c1-15-4-5-18-10(8-15)7-14-11-6-9(12(16)17)2-3-13-11/h2-3,6,10H,4-5,7-8H2,1H3,(H,13,14)(H,16,17). The van der Waals surface area contributed by atoms with Crippen LogP contribution in [0.3, 0.4) is 0 Å². The van der Waals surface area contributed by atoms with Gasteiger partial charge in [-0.3, -0.25) is 0 Å². The molecule has 1 unspecified atom stereocenters. The Morgan fingerprint density at radius 3 is 3.28 bits per heavy atom. The number of likely N-dealkylation sites (N-methyl/N-ethyl adjacent to an activating group) is 1. The molecule has 1 fully saturated rings. The molecule has 18 heavy (non-hydrogen) atoms. The minimum Gasteiger partial charge on any atom is -0.478 e. The first-order valence-corrected chi connectivity index (χ1v) is 5.88. The lowest BCUT2D eigenvalue weighted by Crippen LogP contribution is -2.43. The Morgan fingerprint density at radius 2 is 2.56 bits per heavy atom. The second kappa shape index (κ2) is 5.79. The summed E-state index contributed by atoms with van der Waals surface area (Å²) in [5.74, 6) is -0.388. The average Bonchev–Trinajstić information content (AvgIpc) is 2.37. The first-order valence-electron chi connectivity index (χ1n) is 5.88. The molecule has 1 aromatic rings. The van der Waals surface area contributed by atoms with Gasteiger partial charge in [0.1, 0.15) is 5.82 Å². The van der Waals surface area contributed by atoms with Crippen LogP contribution in [0.2, 0.25) is 0 Å². The Balaban J connectivity index is 1.89. The van der Waals surface area contributed by atoms with E-state index in [1.165, 1.54) is 18.3 Å². The van der Waals surface area contributed by atoms with Crippen LogP contribution in [0.4, 0.5) is 5.82 Å². The van der Waals surface area contributed by atoms with E-state index in [2.05, 4.69) is 22.2 Å². The van der Waals surface area contributed by atoms with E-state index >= 15 is 0 Å². The fourth-order valence-electron chi connectivity index (χ4n) is 1.87. The summed E-state index contributed by atoms with van der Waals surface area (Å²) in [6, 6.07) is 2.99. The monoisotopic (exact) mass is 251 g/mol. The van der Waals surface area contributed by atoms with Crippen molar-refractivity contribution in [3.05, 3.63) is 23.9 Å². The fraction of sp³-hybridized carbons (Fsp3) is 0.500. The van der Waals surface area contributed by atoms with E-state index in [0.29, 0.717) is 12.4 Å². The Morgan fingerprint density at radius 1 is 1.72 bits per heavy atom. The molecule has 1 aromatic heterocycles. The van der Waals surface area contributed by atoms with Gasteiger partial charge in [-0.15, -0.1) is 0 Å². The lowest BCUT2D eigenvalue weighted by atomic mass is 10.2. The van der Waals surface area contributed by atoms with E-state index in [-0.39, 0.29) is 11.7 Å². The molecule has 1 aliphatic rings. The maximum Gasteiger partial charge on any atom is 0.335 e. The summed E-state index contributed by atoms with van der Waals surface area (Å²) in [6.07, 6.45) is 1.60. The number of hydrogen-bond acceptors (Lipinski definition) is 5. The van der Waals surface area contributed by atoms with Crippen molar-refractivity contribution in [2.24, 2.45) is 0 Å². The van der Waals surface area contributed by atoms with E-state index in [1.54, 1.807) is 0 Å². The van der Waals surface area contributed by atoms with Crippen molar-refractivity contribution in [1.82, 2.24) is 9.88 Å². The van der Waals surface area contributed by atoms with Crippen LogP contribution in [0.15, 0.2) is 18.3 Å². The van der Waals surface area contributed by atoms with Gasteiger partial charge in [0.05, 0.1) is 18.3 Å². The number of anilines is 1. The summed E-state index contributed by atoms with van der Waals surface area (Å²) < 4.78 is 5.60. The van der Waals surface area contributed by atoms with Gasteiger partial charge in [-0.25, -0.2) is 9.78 Å². The van der Waals surface area contributed by atoms with Gasteiger partial charge in [0.25, 0.3) is 0 Å². The number of rotatable bonds is 4. The Bertz CT molecular complexity index is 425. The predicted octanol–water partition coefficient (Wildman–Crippen LogP) is 0.522. The molecule has 6 heteroatoms. The second-order valence-electron chi connectivity index (χ2n) is 4.37. The molecule has 2 N–H and O–H groups in total. The topological polar surface area (TPSA) is 74.7 Å². The third kappa shape index (κ3) is 3.41. The second-order valence-corrected chi connectivity index (χ2v) is 4.37. The number of nitrogens with one attached hydrogen (secondary N) is 1. The number of morpholine rings is 1. The van der Waals surface area contributed by atoms with Crippen molar-refractivity contribution < 1.29 is 14.6 Å². The highest BCUT2D eigenvalue weighted by Crippen LogP contribution is 2.08. The van der Waals surface area contributed by atoms with E-state index < -0.39 is 5.97 Å². The van der Waals surface area contributed by atoms with E-state index in [1.807, 2.05) is 0 Å². The Kier molecular flexibility index (Phi) is 4.11. The molecule has 1 atom stereocenters. The molecule has 0 aliphatic carbocycles. The van der Waals surface area contributed by atoms with Gasteiger partial charge < -0.3 is 20.1 Å². The average molecular weight is 251 g/mol. The lowest BCUT2D eigenvalue weighted by Gasteiger charge is -2.30. The zero-order valence-corrected chi connectivity index (χ0v) is 10.3. The summed E-state index contributed by atoms with van der Waals surface area (Å²) in [7, 11) is 2.05. The van der Waals surface area contributed by atoms with Crippen molar-refractivity contribution in [1.29, 1.82) is 0 Å². The number of aromatic nitrogens is 1. The molecule has 2 rings (SSSR count). The summed E-state index contributed by atoms with van der Waals surface area (Å²) in [4.78, 5) is 17.1. The molecular formula is C12H17N3O3. The first kappa shape index (κ1) is 12.8. The maximum absolute atomic E-state index is 10.8. The molecule has 0 bridgehead atoms. The van der Waals surface area contributed by atoms with Crippen molar-refractivity contribution in [2.75, 3.05) is 38.6 Å². The summed E-state index contributed by atoms with van der Waals surface area (Å²) in [5, 5.41) is 12.0. The molecule has 0 spiro atoms. The van der Waals surface area contributed by atoms with Crippen LogP contribution in [-0.2, 0) is 4.74 Å². The van der Waals surface area contributed by atoms with Crippen molar-refractivity contribution >= 4 is 11.8 Å². The first-order chi connectivity index (χ1) is 8.65. The van der Waals surface area contributed by atoms with E-state index in [9.17, 15) is 4.79 Å². The van der Waals surface area contributed by atoms with Crippen molar-refractivity contribution in [3.63, 3.8) is 0 Å². The largest absolute Gasteiger partial charge is 0.478 e. The molecule has 1 aliphatic heterocycles. The molecule has 98 valence electrons. The number of ether oxygens (including phenoxy) is 1. The lowest BCUT2D eigenvalue weighted by molar-refractivity contribution is -0.0117. The number of hydrogen-bond donors (Lipinski definition) is 2. The number of carboxylic acid groups (broad SMARTS) is 1. The van der Waals surface area contributed by atoms with Gasteiger partial charge in [0.15, 0.2) is 0 Å². The van der Waals surface area contributed by atoms with Crippen LogP contribution in [0.25, 0.3) is 0 Å². The normalized spacial score (nSPS) is 20.6. The van der Waals surface area contributed by atoms with Gasteiger partial charge in [0.2, 0.25) is 0 Å².